The number of allylic oxidation sites excluding steroid dienone is 5. The first kappa shape index (κ1) is 14.3. The molecule has 0 nitrogen and oxygen atoms in total. The molecule has 0 heteroatoms. The summed E-state index contributed by atoms with van der Waals surface area (Å²) >= 11 is 0. The lowest BCUT2D eigenvalue weighted by atomic mass is 9.72. The van der Waals surface area contributed by atoms with Gasteiger partial charge >= 0.3 is 0 Å². The van der Waals surface area contributed by atoms with E-state index in [-0.39, 0.29) is 0 Å². The maximum Gasteiger partial charge on any atom is -0.0322 e. The third-order valence-electron chi connectivity index (χ3n) is 3.91. The molecule has 1 rings (SSSR count). The first-order valence-corrected chi connectivity index (χ1v) is 7.13. The lowest BCUT2D eigenvalue weighted by Gasteiger charge is -2.34. The summed E-state index contributed by atoms with van der Waals surface area (Å²) in [4.78, 5) is 0. The molecule has 0 spiro atoms. The fraction of sp³-hybridized carbons (Fsp3) is 0.647. The zero-order valence-electron chi connectivity index (χ0n) is 11.6. The maximum absolute atomic E-state index is 3.90. The highest BCUT2D eigenvalue weighted by Gasteiger charge is 2.26. The predicted molar refractivity (Wildman–Crippen MR) is 78.0 cm³/mol. The van der Waals surface area contributed by atoms with Gasteiger partial charge in [0.25, 0.3) is 0 Å². The van der Waals surface area contributed by atoms with Gasteiger partial charge in [-0.3, -0.25) is 0 Å². The second-order valence-electron chi connectivity index (χ2n) is 5.44. The molecule has 0 aromatic heterocycles. The van der Waals surface area contributed by atoms with Gasteiger partial charge in [0.05, 0.1) is 0 Å². The quantitative estimate of drug-likeness (QED) is 0.528. The summed E-state index contributed by atoms with van der Waals surface area (Å²) in [6.07, 6.45) is 19.2. The van der Waals surface area contributed by atoms with Crippen LogP contribution in [-0.2, 0) is 0 Å². The lowest BCUT2D eigenvalue weighted by Crippen LogP contribution is -2.22. The van der Waals surface area contributed by atoms with Crippen LogP contribution in [-0.4, -0.2) is 0 Å². The molecule has 0 heterocycles. The molecular weight excluding hydrogens is 204 g/mol. The van der Waals surface area contributed by atoms with Crippen LogP contribution in [0, 0.1) is 17.8 Å². The Morgan fingerprint density at radius 1 is 0.824 bits per heavy atom. The Bertz CT molecular complexity index is 237. The van der Waals surface area contributed by atoms with Crippen molar-refractivity contribution in [3.05, 3.63) is 37.0 Å². The summed E-state index contributed by atoms with van der Waals surface area (Å²) in [7, 11) is 0. The average molecular weight is 232 g/mol. The van der Waals surface area contributed by atoms with Crippen molar-refractivity contribution < 1.29 is 0 Å². The molecule has 0 saturated heterocycles. The first-order chi connectivity index (χ1) is 8.30. The van der Waals surface area contributed by atoms with Crippen LogP contribution >= 0.6 is 0 Å². The molecule has 0 radical (unpaired) electrons. The van der Waals surface area contributed by atoms with Crippen LogP contribution in [0.1, 0.15) is 52.4 Å². The molecule has 0 N–H and O–H groups in total. The van der Waals surface area contributed by atoms with E-state index in [1.54, 1.807) is 0 Å². The number of rotatable bonds is 6. The van der Waals surface area contributed by atoms with E-state index < -0.39 is 0 Å². The molecule has 1 fully saturated rings. The molecule has 0 amide bonds. The molecule has 0 bridgehead atoms. The fourth-order valence-electron chi connectivity index (χ4n) is 3.17. The van der Waals surface area contributed by atoms with Crippen molar-refractivity contribution >= 4 is 0 Å². The SMILES string of the molecule is C=CCC1CC(C/C=C\C)CC(C/C=C\C)C1. The zero-order valence-corrected chi connectivity index (χ0v) is 11.6. The van der Waals surface area contributed by atoms with E-state index in [0.717, 1.165) is 17.8 Å². The molecule has 1 aliphatic rings. The van der Waals surface area contributed by atoms with Gasteiger partial charge in [-0.05, 0) is 70.1 Å². The van der Waals surface area contributed by atoms with Crippen LogP contribution in [0.25, 0.3) is 0 Å². The van der Waals surface area contributed by atoms with Gasteiger partial charge in [0, 0.05) is 0 Å². The Labute approximate surface area is 108 Å². The van der Waals surface area contributed by atoms with Crippen molar-refractivity contribution in [1.82, 2.24) is 0 Å². The Morgan fingerprint density at radius 3 is 1.59 bits per heavy atom. The van der Waals surface area contributed by atoms with Crippen molar-refractivity contribution in [1.29, 1.82) is 0 Å². The molecule has 2 unspecified atom stereocenters. The van der Waals surface area contributed by atoms with Crippen molar-refractivity contribution in [3.8, 4) is 0 Å². The summed E-state index contributed by atoms with van der Waals surface area (Å²) in [6.45, 7) is 8.15. The maximum atomic E-state index is 3.90. The average Bonchev–Trinajstić information content (AvgIpc) is 2.34. The summed E-state index contributed by atoms with van der Waals surface area (Å²) in [5.41, 5.74) is 0. The third kappa shape index (κ3) is 5.39. The third-order valence-corrected chi connectivity index (χ3v) is 3.91. The number of hydrogen-bond acceptors (Lipinski definition) is 0. The smallest absolute Gasteiger partial charge is 0.0322 e. The van der Waals surface area contributed by atoms with Crippen LogP contribution in [0.4, 0.5) is 0 Å². The zero-order chi connectivity index (χ0) is 12.5. The van der Waals surface area contributed by atoms with Crippen LogP contribution < -0.4 is 0 Å². The summed E-state index contributed by atoms with van der Waals surface area (Å²) in [6, 6.07) is 0. The van der Waals surface area contributed by atoms with Crippen LogP contribution in [0.5, 0.6) is 0 Å². The minimum absolute atomic E-state index is 0.881. The van der Waals surface area contributed by atoms with Crippen molar-refractivity contribution in [2.75, 3.05) is 0 Å². The summed E-state index contributed by atoms with van der Waals surface area (Å²) < 4.78 is 0. The van der Waals surface area contributed by atoms with Gasteiger partial charge < -0.3 is 0 Å². The second kappa shape index (κ2) is 8.33. The molecule has 96 valence electrons. The van der Waals surface area contributed by atoms with E-state index in [1.165, 1.54) is 38.5 Å². The molecule has 2 atom stereocenters. The van der Waals surface area contributed by atoms with Gasteiger partial charge in [0.2, 0.25) is 0 Å². The molecule has 0 aromatic carbocycles. The van der Waals surface area contributed by atoms with E-state index in [0.29, 0.717) is 0 Å². The highest BCUT2D eigenvalue weighted by molar-refractivity contribution is 4.90. The summed E-state index contributed by atoms with van der Waals surface area (Å²) in [5.74, 6) is 2.69. The van der Waals surface area contributed by atoms with E-state index in [9.17, 15) is 0 Å². The van der Waals surface area contributed by atoms with Crippen LogP contribution in [0.15, 0.2) is 37.0 Å². The molecule has 0 aliphatic heterocycles. The molecule has 1 saturated carbocycles. The van der Waals surface area contributed by atoms with Crippen molar-refractivity contribution in [2.24, 2.45) is 17.8 Å². The standard InChI is InChI=1S/C17H28/c1-4-7-10-16-12-15(9-6-3)13-17(14-16)11-8-5-2/h4-8,15-17H,3,9-14H2,1-2H3/b7-4-,8-5-. The molecule has 1 aliphatic carbocycles. The highest BCUT2D eigenvalue weighted by atomic mass is 14.3. The van der Waals surface area contributed by atoms with Gasteiger partial charge in [0.15, 0.2) is 0 Å². The van der Waals surface area contributed by atoms with E-state index in [1.807, 2.05) is 0 Å². The normalized spacial score (nSPS) is 30.1. The Balaban J connectivity index is 2.51. The second-order valence-corrected chi connectivity index (χ2v) is 5.44. The van der Waals surface area contributed by atoms with Crippen molar-refractivity contribution in [3.63, 3.8) is 0 Å². The van der Waals surface area contributed by atoms with E-state index in [2.05, 4.69) is 50.8 Å². The topological polar surface area (TPSA) is 0 Å². The minimum Gasteiger partial charge on any atom is -0.103 e. The fourth-order valence-corrected chi connectivity index (χ4v) is 3.17. The lowest BCUT2D eigenvalue weighted by molar-refractivity contribution is 0.198. The van der Waals surface area contributed by atoms with Gasteiger partial charge in [0.1, 0.15) is 0 Å². The Hall–Kier alpha value is -0.780. The van der Waals surface area contributed by atoms with Gasteiger partial charge in [-0.2, -0.15) is 0 Å². The first-order valence-electron chi connectivity index (χ1n) is 7.13. The monoisotopic (exact) mass is 232 g/mol. The Morgan fingerprint density at radius 2 is 1.24 bits per heavy atom. The van der Waals surface area contributed by atoms with Gasteiger partial charge in [-0.1, -0.05) is 30.4 Å². The molecule has 0 aromatic rings. The number of hydrogen-bond donors (Lipinski definition) is 0. The van der Waals surface area contributed by atoms with Gasteiger partial charge in [-0.15, -0.1) is 6.58 Å². The van der Waals surface area contributed by atoms with Crippen LogP contribution in [0.2, 0.25) is 0 Å². The van der Waals surface area contributed by atoms with Gasteiger partial charge in [-0.25, -0.2) is 0 Å². The van der Waals surface area contributed by atoms with Crippen molar-refractivity contribution in [2.45, 2.75) is 52.4 Å². The van der Waals surface area contributed by atoms with E-state index in [4.69, 9.17) is 0 Å². The molecule has 17 heavy (non-hydrogen) atoms. The van der Waals surface area contributed by atoms with E-state index >= 15 is 0 Å². The largest absolute Gasteiger partial charge is 0.103 e. The van der Waals surface area contributed by atoms with Crippen LogP contribution in [0.3, 0.4) is 0 Å². The summed E-state index contributed by atoms with van der Waals surface area (Å²) in [5, 5.41) is 0. The predicted octanol–water partition coefficient (Wildman–Crippen LogP) is 5.53. The Kier molecular flexibility index (Phi) is 7.00. The highest BCUT2D eigenvalue weighted by Crippen LogP contribution is 2.38. The minimum atomic E-state index is 0.881. The molecular formula is C17H28.